The van der Waals surface area contributed by atoms with Crippen LogP contribution in [0, 0.1) is 0 Å². The van der Waals surface area contributed by atoms with Gasteiger partial charge >= 0.3 is 0 Å². The second-order valence-electron chi connectivity index (χ2n) is 4.97. The highest BCUT2D eigenvalue weighted by atomic mass is 35.5. The van der Waals surface area contributed by atoms with E-state index in [0.717, 1.165) is 38.1 Å². The second kappa shape index (κ2) is 8.27. The Balaban J connectivity index is 1.96. The summed E-state index contributed by atoms with van der Waals surface area (Å²) in [6, 6.07) is 3.83. The first kappa shape index (κ1) is 16.1. The van der Waals surface area contributed by atoms with Crippen LogP contribution in [0.5, 0.6) is 11.5 Å². The predicted molar refractivity (Wildman–Crippen MR) is 84.4 cm³/mol. The first-order valence-corrected chi connectivity index (χ1v) is 7.54. The van der Waals surface area contributed by atoms with Crippen LogP contribution < -0.4 is 14.8 Å². The number of halogens is 1. The normalized spacial score (nSPS) is 17.7. The fraction of sp³-hybridized carbons (Fsp3) is 0.500. The average molecular weight is 312 g/mol. The molecule has 0 saturated carbocycles. The molecule has 0 aromatic heterocycles. The van der Waals surface area contributed by atoms with E-state index in [1.165, 1.54) is 0 Å². The van der Waals surface area contributed by atoms with Crippen LogP contribution in [0.15, 0.2) is 24.8 Å². The van der Waals surface area contributed by atoms with Gasteiger partial charge in [-0.25, -0.2) is 0 Å². The molecule has 2 rings (SSSR count). The average Bonchev–Trinajstić information content (AvgIpc) is 2.99. The van der Waals surface area contributed by atoms with Gasteiger partial charge in [0.05, 0.1) is 18.2 Å². The third kappa shape index (κ3) is 4.63. The molecule has 0 amide bonds. The van der Waals surface area contributed by atoms with Gasteiger partial charge in [-0.05, 0) is 30.5 Å². The van der Waals surface area contributed by atoms with Crippen molar-refractivity contribution in [2.45, 2.75) is 25.5 Å². The van der Waals surface area contributed by atoms with Crippen LogP contribution in [-0.4, -0.2) is 33.0 Å². The lowest BCUT2D eigenvalue weighted by Crippen LogP contribution is -2.25. The number of nitrogens with one attached hydrogen (secondary N) is 1. The van der Waals surface area contributed by atoms with Crippen molar-refractivity contribution in [3.63, 3.8) is 0 Å². The van der Waals surface area contributed by atoms with Gasteiger partial charge in [-0.15, -0.1) is 0 Å². The minimum absolute atomic E-state index is 0.331. The van der Waals surface area contributed by atoms with E-state index < -0.39 is 0 Å². The van der Waals surface area contributed by atoms with Crippen molar-refractivity contribution in [2.24, 2.45) is 0 Å². The maximum Gasteiger partial charge on any atom is 0.180 e. The molecule has 5 heteroatoms. The van der Waals surface area contributed by atoms with Gasteiger partial charge in [-0.2, -0.15) is 0 Å². The molecule has 1 N–H and O–H groups in total. The summed E-state index contributed by atoms with van der Waals surface area (Å²) in [6.07, 6.45) is 4.29. The van der Waals surface area contributed by atoms with Gasteiger partial charge in [0.15, 0.2) is 11.5 Å². The summed E-state index contributed by atoms with van der Waals surface area (Å²) >= 11 is 6.26. The Kier molecular flexibility index (Phi) is 6.36. The third-order valence-corrected chi connectivity index (χ3v) is 3.64. The molecule has 1 aromatic rings. The topological polar surface area (TPSA) is 39.7 Å². The van der Waals surface area contributed by atoms with Crippen LogP contribution in [0.2, 0.25) is 5.02 Å². The van der Waals surface area contributed by atoms with Gasteiger partial charge < -0.3 is 19.5 Å². The van der Waals surface area contributed by atoms with Crippen molar-refractivity contribution >= 4 is 11.6 Å². The molecule has 1 saturated heterocycles. The minimum atomic E-state index is 0.331. The Morgan fingerprint density at radius 2 is 2.38 bits per heavy atom. The molecule has 0 radical (unpaired) electrons. The fourth-order valence-corrected chi connectivity index (χ4v) is 2.63. The fourth-order valence-electron chi connectivity index (χ4n) is 2.34. The summed E-state index contributed by atoms with van der Waals surface area (Å²) in [5, 5.41) is 3.94. The van der Waals surface area contributed by atoms with Gasteiger partial charge in [0.1, 0.15) is 6.61 Å². The standard InChI is InChI=1S/C16H22ClNO3/c1-3-6-21-16-14(17)8-12(9-15(16)19-2)10-18-11-13-5-4-7-20-13/h3,8-9,13,18H,1,4-7,10-11H2,2H3/t13-/m1/s1. The second-order valence-corrected chi connectivity index (χ2v) is 5.38. The lowest BCUT2D eigenvalue weighted by atomic mass is 10.2. The van der Waals surface area contributed by atoms with E-state index in [0.29, 0.717) is 29.2 Å². The highest BCUT2D eigenvalue weighted by Crippen LogP contribution is 2.36. The minimum Gasteiger partial charge on any atom is -0.493 e. The number of benzene rings is 1. The Bertz CT molecular complexity index is 473. The maximum absolute atomic E-state index is 6.26. The van der Waals surface area contributed by atoms with Gasteiger partial charge in [0.25, 0.3) is 0 Å². The molecule has 1 aromatic carbocycles. The van der Waals surface area contributed by atoms with Crippen LogP contribution in [-0.2, 0) is 11.3 Å². The molecular formula is C16H22ClNO3. The van der Waals surface area contributed by atoms with Gasteiger partial charge in [0.2, 0.25) is 0 Å². The zero-order chi connectivity index (χ0) is 15.1. The molecule has 1 aliphatic rings. The summed E-state index contributed by atoms with van der Waals surface area (Å²) in [5.74, 6) is 1.19. The number of hydrogen-bond donors (Lipinski definition) is 1. The third-order valence-electron chi connectivity index (χ3n) is 3.36. The first-order chi connectivity index (χ1) is 10.2. The number of ether oxygens (including phenoxy) is 3. The molecule has 21 heavy (non-hydrogen) atoms. The van der Waals surface area contributed by atoms with Crippen LogP contribution in [0.4, 0.5) is 0 Å². The van der Waals surface area contributed by atoms with E-state index in [9.17, 15) is 0 Å². The van der Waals surface area contributed by atoms with E-state index >= 15 is 0 Å². The largest absolute Gasteiger partial charge is 0.493 e. The zero-order valence-electron chi connectivity index (χ0n) is 12.4. The van der Waals surface area contributed by atoms with Crippen molar-refractivity contribution in [3.8, 4) is 11.5 Å². The van der Waals surface area contributed by atoms with E-state index in [1.807, 2.05) is 12.1 Å². The smallest absolute Gasteiger partial charge is 0.180 e. The molecule has 1 atom stereocenters. The zero-order valence-corrected chi connectivity index (χ0v) is 13.1. The van der Waals surface area contributed by atoms with E-state index in [-0.39, 0.29) is 0 Å². The molecule has 1 fully saturated rings. The Morgan fingerprint density at radius 1 is 1.52 bits per heavy atom. The molecule has 116 valence electrons. The Hall–Kier alpha value is -1.23. The molecule has 1 aliphatic heterocycles. The molecule has 1 heterocycles. The summed E-state index contributed by atoms with van der Waals surface area (Å²) in [7, 11) is 1.61. The summed E-state index contributed by atoms with van der Waals surface area (Å²) < 4.78 is 16.5. The van der Waals surface area contributed by atoms with E-state index in [2.05, 4.69) is 11.9 Å². The highest BCUT2D eigenvalue weighted by molar-refractivity contribution is 6.32. The van der Waals surface area contributed by atoms with Crippen molar-refractivity contribution in [1.29, 1.82) is 0 Å². The highest BCUT2D eigenvalue weighted by Gasteiger charge is 2.15. The van der Waals surface area contributed by atoms with Crippen LogP contribution in [0.25, 0.3) is 0 Å². The Labute approximate surface area is 131 Å². The van der Waals surface area contributed by atoms with E-state index in [4.69, 9.17) is 25.8 Å². The molecule has 0 bridgehead atoms. The molecule has 0 aliphatic carbocycles. The SMILES string of the molecule is C=CCOc1c(Cl)cc(CNC[C@H]2CCCO2)cc1OC. The van der Waals surface area contributed by atoms with Gasteiger partial charge in [-0.1, -0.05) is 24.3 Å². The van der Waals surface area contributed by atoms with Crippen molar-refractivity contribution in [3.05, 3.63) is 35.4 Å². The molecule has 0 spiro atoms. The monoisotopic (exact) mass is 311 g/mol. The van der Waals surface area contributed by atoms with Crippen molar-refractivity contribution < 1.29 is 14.2 Å². The van der Waals surface area contributed by atoms with Crippen LogP contribution in [0.3, 0.4) is 0 Å². The molecule has 4 nitrogen and oxygen atoms in total. The number of methoxy groups -OCH3 is 1. The van der Waals surface area contributed by atoms with Crippen LogP contribution in [0.1, 0.15) is 18.4 Å². The van der Waals surface area contributed by atoms with Crippen molar-refractivity contribution in [2.75, 3.05) is 26.9 Å². The number of hydrogen-bond acceptors (Lipinski definition) is 4. The van der Waals surface area contributed by atoms with Gasteiger partial charge in [-0.3, -0.25) is 0 Å². The molecular weight excluding hydrogens is 290 g/mol. The summed E-state index contributed by atoms with van der Waals surface area (Å²) in [4.78, 5) is 0. The first-order valence-electron chi connectivity index (χ1n) is 7.17. The molecule has 0 unspecified atom stereocenters. The summed E-state index contributed by atoms with van der Waals surface area (Å²) in [5.41, 5.74) is 1.06. The maximum atomic E-state index is 6.26. The predicted octanol–water partition coefficient (Wildman–Crippen LogP) is 3.18. The van der Waals surface area contributed by atoms with Gasteiger partial charge in [0, 0.05) is 19.7 Å². The lowest BCUT2D eigenvalue weighted by Gasteiger charge is -2.14. The quantitative estimate of drug-likeness (QED) is 0.749. The van der Waals surface area contributed by atoms with E-state index in [1.54, 1.807) is 13.2 Å². The van der Waals surface area contributed by atoms with Crippen LogP contribution >= 0.6 is 11.6 Å². The lowest BCUT2D eigenvalue weighted by molar-refractivity contribution is 0.110. The Morgan fingerprint density at radius 3 is 3.05 bits per heavy atom. The summed E-state index contributed by atoms with van der Waals surface area (Å²) in [6.45, 7) is 6.47. The number of rotatable bonds is 8. The van der Waals surface area contributed by atoms with Crippen molar-refractivity contribution in [1.82, 2.24) is 5.32 Å².